The summed E-state index contributed by atoms with van der Waals surface area (Å²) in [5, 5.41) is 0. The van der Waals surface area contributed by atoms with Crippen molar-refractivity contribution in [2.75, 3.05) is 0 Å². The molecule has 0 unspecified atom stereocenters. The zero-order valence-corrected chi connectivity index (χ0v) is 11.3. The molecule has 0 aromatic carbocycles. The summed E-state index contributed by atoms with van der Waals surface area (Å²) >= 11 is 0. The maximum atomic E-state index is 13.1. The summed E-state index contributed by atoms with van der Waals surface area (Å²) in [5.41, 5.74) is -0.727. The molecule has 1 aliphatic rings. The number of hydrogen-bond acceptors (Lipinski definition) is 2. The molecule has 106 valence electrons. The number of nitrogens with zero attached hydrogens (tertiary/aromatic N) is 1. The highest BCUT2D eigenvalue weighted by molar-refractivity contribution is 5.37. The van der Waals surface area contributed by atoms with Crippen LogP contribution in [0.3, 0.4) is 0 Å². The molecule has 0 saturated heterocycles. The van der Waals surface area contributed by atoms with Crippen molar-refractivity contribution >= 4 is 0 Å². The Labute approximate surface area is 111 Å². The zero-order valence-electron chi connectivity index (χ0n) is 11.3. The first kappa shape index (κ1) is 14.2. The minimum absolute atomic E-state index is 0.0941. The van der Waals surface area contributed by atoms with Crippen molar-refractivity contribution in [3.63, 3.8) is 0 Å². The molecule has 5 heteroatoms. The van der Waals surface area contributed by atoms with Crippen molar-refractivity contribution in [1.82, 2.24) is 4.98 Å². The van der Waals surface area contributed by atoms with Gasteiger partial charge in [-0.3, -0.25) is 4.98 Å². The second kappa shape index (κ2) is 4.69. The Balaban J connectivity index is 2.36. The summed E-state index contributed by atoms with van der Waals surface area (Å²) in [5.74, 6) is -0.148. The van der Waals surface area contributed by atoms with Crippen molar-refractivity contribution in [1.29, 1.82) is 0 Å². The molecule has 2 nitrogen and oxygen atoms in total. The maximum absolute atomic E-state index is 13.1. The SMILES string of the molecule is CC(C)(C)c1cc(C(F)(F)F)c(OC2CCC2)cn1. The van der Waals surface area contributed by atoms with Crippen LogP contribution >= 0.6 is 0 Å². The highest BCUT2D eigenvalue weighted by Crippen LogP contribution is 2.39. The van der Waals surface area contributed by atoms with Gasteiger partial charge in [0.15, 0.2) is 0 Å². The third-order valence-corrected chi connectivity index (χ3v) is 3.29. The van der Waals surface area contributed by atoms with Crippen LogP contribution in [0.2, 0.25) is 0 Å². The van der Waals surface area contributed by atoms with Gasteiger partial charge >= 0.3 is 6.18 Å². The molecule has 1 aromatic heterocycles. The first-order valence-corrected chi connectivity index (χ1v) is 6.42. The van der Waals surface area contributed by atoms with Gasteiger partial charge in [0.25, 0.3) is 0 Å². The van der Waals surface area contributed by atoms with Gasteiger partial charge in [-0.25, -0.2) is 0 Å². The average Bonchev–Trinajstić information content (AvgIpc) is 2.20. The molecule has 0 atom stereocenters. The van der Waals surface area contributed by atoms with E-state index in [-0.39, 0.29) is 11.9 Å². The van der Waals surface area contributed by atoms with E-state index < -0.39 is 17.2 Å². The Morgan fingerprint density at radius 1 is 1.21 bits per heavy atom. The van der Waals surface area contributed by atoms with Crippen molar-refractivity contribution in [2.24, 2.45) is 0 Å². The van der Waals surface area contributed by atoms with Crippen LogP contribution in [0, 0.1) is 0 Å². The molecule has 0 aliphatic heterocycles. The van der Waals surface area contributed by atoms with E-state index in [9.17, 15) is 13.2 Å². The lowest BCUT2D eigenvalue weighted by Crippen LogP contribution is -2.26. The van der Waals surface area contributed by atoms with Gasteiger partial charge in [-0.1, -0.05) is 20.8 Å². The molecule has 1 aliphatic carbocycles. The summed E-state index contributed by atoms with van der Waals surface area (Å²) in [6.07, 6.45) is -0.650. The van der Waals surface area contributed by atoms with Gasteiger partial charge in [-0.15, -0.1) is 0 Å². The Morgan fingerprint density at radius 2 is 1.84 bits per heavy atom. The van der Waals surface area contributed by atoms with Crippen molar-refractivity contribution in [3.8, 4) is 5.75 Å². The van der Waals surface area contributed by atoms with Crippen molar-refractivity contribution < 1.29 is 17.9 Å². The zero-order chi connectivity index (χ0) is 14.3. The van der Waals surface area contributed by atoms with Crippen LogP contribution < -0.4 is 4.74 Å². The molecule has 1 heterocycles. The van der Waals surface area contributed by atoms with E-state index in [0.29, 0.717) is 5.69 Å². The fraction of sp³-hybridized carbons (Fsp3) is 0.643. The van der Waals surface area contributed by atoms with Crippen LogP contribution in [0.1, 0.15) is 51.3 Å². The normalized spacial score (nSPS) is 17.2. The van der Waals surface area contributed by atoms with E-state index in [0.717, 1.165) is 25.3 Å². The van der Waals surface area contributed by atoms with Gasteiger partial charge < -0.3 is 4.74 Å². The van der Waals surface area contributed by atoms with E-state index in [1.165, 1.54) is 6.20 Å². The van der Waals surface area contributed by atoms with Crippen LogP contribution in [0.5, 0.6) is 5.75 Å². The van der Waals surface area contributed by atoms with E-state index >= 15 is 0 Å². The Kier molecular flexibility index (Phi) is 3.49. The average molecular weight is 273 g/mol. The lowest BCUT2D eigenvalue weighted by atomic mass is 9.90. The van der Waals surface area contributed by atoms with Crippen LogP contribution in [0.4, 0.5) is 13.2 Å². The largest absolute Gasteiger partial charge is 0.488 e. The van der Waals surface area contributed by atoms with E-state index in [1.54, 1.807) is 0 Å². The molecule has 1 aromatic rings. The minimum atomic E-state index is -4.41. The molecule has 0 spiro atoms. The number of ether oxygens (including phenoxy) is 1. The molecule has 19 heavy (non-hydrogen) atoms. The minimum Gasteiger partial charge on any atom is -0.488 e. The van der Waals surface area contributed by atoms with Crippen LogP contribution in [0.25, 0.3) is 0 Å². The number of aromatic nitrogens is 1. The Bertz CT molecular complexity index is 459. The number of hydrogen-bond donors (Lipinski definition) is 0. The third kappa shape index (κ3) is 3.19. The fourth-order valence-electron chi connectivity index (χ4n) is 1.84. The molecular weight excluding hydrogens is 255 g/mol. The van der Waals surface area contributed by atoms with Gasteiger partial charge in [-0.05, 0) is 25.3 Å². The highest BCUT2D eigenvalue weighted by Gasteiger charge is 2.37. The lowest BCUT2D eigenvalue weighted by Gasteiger charge is -2.28. The van der Waals surface area contributed by atoms with Crippen LogP contribution in [0.15, 0.2) is 12.3 Å². The Morgan fingerprint density at radius 3 is 2.26 bits per heavy atom. The topological polar surface area (TPSA) is 22.1 Å². The molecule has 2 rings (SSSR count). The summed E-state index contributed by atoms with van der Waals surface area (Å²) in [4.78, 5) is 4.11. The molecular formula is C14H18F3NO. The van der Waals surface area contributed by atoms with E-state index in [2.05, 4.69) is 4.98 Å². The summed E-state index contributed by atoms with van der Waals surface area (Å²) in [6.45, 7) is 5.51. The summed E-state index contributed by atoms with van der Waals surface area (Å²) in [6, 6.07) is 1.11. The standard InChI is InChI=1S/C14H18F3NO/c1-13(2,3)12-7-10(14(15,16)17)11(8-18-12)19-9-5-4-6-9/h7-9H,4-6H2,1-3H3. The van der Waals surface area contributed by atoms with E-state index in [4.69, 9.17) is 4.74 Å². The predicted octanol–water partition coefficient (Wildman–Crippen LogP) is 4.33. The Hall–Kier alpha value is -1.26. The first-order valence-electron chi connectivity index (χ1n) is 6.42. The van der Waals surface area contributed by atoms with Crippen molar-refractivity contribution in [2.45, 2.75) is 57.7 Å². The number of rotatable bonds is 2. The number of pyridine rings is 1. The molecule has 0 radical (unpaired) electrons. The van der Waals surface area contributed by atoms with Gasteiger partial charge in [-0.2, -0.15) is 13.2 Å². The lowest BCUT2D eigenvalue weighted by molar-refractivity contribution is -0.139. The second-order valence-corrected chi connectivity index (χ2v) is 5.98. The first-order chi connectivity index (χ1) is 8.68. The quantitative estimate of drug-likeness (QED) is 0.800. The molecule has 0 bridgehead atoms. The third-order valence-electron chi connectivity index (χ3n) is 3.29. The second-order valence-electron chi connectivity index (χ2n) is 5.98. The van der Waals surface area contributed by atoms with Crippen molar-refractivity contribution in [3.05, 3.63) is 23.5 Å². The maximum Gasteiger partial charge on any atom is 0.420 e. The van der Waals surface area contributed by atoms with E-state index in [1.807, 2.05) is 20.8 Å². The van der Waals surface area contributed by atoms with Crippen LogP contribution in [-0.2, 0) is 11.6 Å². The van der Waals surface area contributed by atoms with Gasteiger partial charge in [0, 0.05) is 11.1 Å². The van der Waals surface area contributed by atoms with Gasteiger partial charge in [0.05, 0.1) is 12.3 Å². The molecule has 1 fully saturated rings. The summed E-state index contributed by atoms with van der Waals surface area (Å²) in [7, 11) is 0. The molecule has 0 amide bonds. The number of halogens is 3. The molecule has 1 saturated carbocycles. The predicted molar refractivity (Wildman–Crippen MR) is 66.2 cm³/mol. The highest BCUT2D eigenvalue weighted by atomic mass is 19.4. The smallest absolute Gasteiger partial charge is 0.420 e. The van der Waals surface area contributed by atoms with Crippen LogP contribution in [-0.4, -0.2) is 11.1 Å². The van der Waals surface area contributed by atoms with Gasteiger partial charge in [0.2, 0.25) is 0 Å². The molecule has 0 N–H and O–H groups in total. The van der Waals surface area contributed by atoms with Gasteiger partial charge in [0.1, 0.15) is 11.3 Å². The fourth-order valence-corrected chi connectivity index (χ4v) is 1.84. The monoisotopic (exact) mass is 273 g/mol. The number of alkyl halides is 3. The summed E-state index contributed by atoms with van der Waals surface area (Å²) < 4.78 is 44.6.